The van der Waals surface area contributed by atoms with Crippen molar-refractivity contribution in [2.75, 3.05) is 45.9 Å². The van der Waals surface area contributed by atoms with Gasteiger partial charge in [0, 0.05) is 32.1 Å². The fraction of sp³-hybridized carbons (Fsp3) is 0.650. The van der Waals surface area contributed by atoms with Crippen LogP contribution < -0.4 is 10.6 Å². The number of benzene rings is 1. The Morgan fingerprint density at radius 3 is 2.80 bits per heavy atom. The Morgan fingerprint density at radius 2 is 2.08 bits per heavy atom. The van der Waals surface area contributed by atoms with Crippen molar-refractivity contribution in [1.82, 2.24) is 15.5 Å². The predicted octanol–water partition coefficient (Wildman–Crippen LogP) is 1.44. The van der Waals surface area contributed by atoms with Gasteiger partial charge in [-0.25, -0.2) is 0 Å². The molecule has 25 heavy (non-hydrogen) atoms. The van der Waals surface area contributed by atoms with Gasteiger partial charge < -0.3 is 15.4 Å². The SMILES string of the molecule is O=C(CCC1CCNC1)NC(Cc1ccccc1)CN1CCOCC1. The van der Waals surface area contributed by atoms with Crippen LogP contribution in [0.5, 0.6) is 0 Å². The van der Waals surface area contributed by atoms with Crippen LogP contribution in [0.4, 0.5) is 0 Å². The van der Waals surface area contributed by atoms with E-state index < -0.39 is 0 Å². The summed E-state index contributed by atoms with van der Waals surface area (Å²) in [6, 6.07) is 10.6. The largest absolute Gasteiger partial charge is 0.379 e. The van der Waals surface area contributed by atoms with Crippen LogP contribution >= 0.6 is 0 Å². The summed E-state index contributed by atoms with van der Waals surface area (Å²) in [5, 5.41) is 6.67. The van der Waals surface area contributed by atoms with Crippen molar-refractivity contribution in [1.29, 1.82) is 0 Å². The van der Waals surface area contributed by atoms with Crippen molar-refractivity contribution in [3.8, 4) is 0 Å². The van der Waals surface area contributed by atoms with E-state index in [0.29, 0.717) is 12.3 Å². The Bertz CT molecular complexity index is 511. The van der Waals surface area contributed by atoms with Crippen molar-refractivity contribution < 1.29 is 9.53 Å². The number of morpholine rings is 1. The molecule has 1 amide bonds. The van der Waals surface area contributed by atoms with E-state index in [0.717, 1.165) is 58.8 Å². The van der Waals surface area contributed by atoms with Crippen LogP contribution in [-0.4, -0.2) is 62.8 Å². The molecule has 2 unspecified atom stereocenters. The molecule has 2 aliphatic rings. The van der Waals surface area contributed by atoms with E-state index in [9.17, 15) is 4.79 Å². The van der Waals surface area contributed by atoms with Crippen LogP contribution in [-0.2, 0) is 16.0 Å². The number of ether oxygens (including phenoxy) is 1. The highest BCUT2D eigenvalue weighted by Crippen LogP contribution is 2.14. The predicted molar refractivity (Wildman–Crippen MR) is 99.5 cm³/mol. The monoisotopic (exact) mass is 345 g/mol. The molecule has 2 atom stereocenters. The Morgan fingerprint density at radius 1 is 1.28 bits per heavy atom. The summed E-state index contributed by atoms with van der Waals surface area (Å²) >= 11 is 0. The van der Waals surface area contributed by atoms with Gasteiger partial charge in [-0.05, 0) is 43.8 Å². The van der Waals surface area contributed by atoms with E-state index in [1.165, 1.54) is 12.0 Å². The molecule has 2 aliphatic heterocycles. The second kappa shape index (κ2) is 9.90. The van der Waals surface area contributed by atoms with Gasteiger partial charge in [0.25, 0.3) is 0 Å². The Balaban J connectivity index is 1.51. The molecule has 5 nitrogen and oxygen atoms in total. The van der Waals surface area contributed by atoms with E-state index >= 15 is 0 Å². The first-order valence-electron chi connectivity index (χ1n) is 9.63. The minimum atomic E-state index is 0.162. The highest BCUT2D eigenvalue weighted by Gasteiger charge is 2.20. The van der Waals surface area contributed by atoms with Gasteiger partial charge in [0.1, 0.15) is 0 Å². The zero-order valence-corrected chi connectivity index (χ0v) is 15.1. The molecule has 1 aromatic rings. The smallest absolute Gasteiger partial charge is 0.220 e. The van der Waals surface area contributed by atoms with Gasteiger partial charge in [0.05, 0.1) is 13.2 Å². The van der Waals surface area contributed by atoms with Crippen LogP contribution in [0.25, 0.3) is 0 Å². The quantitative estimate of drug-likeness (QED) is 0.749. The fourth-order valence-electron chi connectivity index (χ4n) is 3.75. The Kier molecular flexibility index (Phi) is 7.27. The van der Waals surface area contributed by atoms with Crippen LogP contribution in [0.2, 0.25) is 0 Å². The standard InChI is InChI=1S/C20H31N3O2/c24-20(7-6-18-8-9-21-15-18)22-19(14-17-4-2-1-3-5-17)16-23-10-12-25-13-11-23/h1-5,18-19,21H,6-16H2,(H,22,24). The topological polar surface area (TPSA) is 53.6 Å². The number of amides is 1. The summed E-state index contributed by atoms with van der Waals surface area (Å²) < 4.78 is 5.44. The number of carbonyl (C=O) groups is 1. The van der Waals surface area contributed by atoms with Crippen molar-refractivity contribution in [2.45, 2.75) is 31.7 Å². The van der Waals surface area contributed by atoms with Crippen molar-refractivity contribution in [3.05, 3.63) is 35.9 Å². The molecule has 0 spiro atoms. The van der Waals surface area contributed by atoms with Crippen molar-refractivity contribution in [2.24, 2.45) is 5.92 Å². The number of rotatable bonds is 8. The summed E-state index contributed by atoms with van der Waals surface area (Å²) in [7, 11) is 0. The van der Waals surface area contributed by atoms with Crippen molar-refractivity contribution >= 4 is 5.91 Å². The third-order valence-electron chi connectivity index (χ3n) is 5.21. The molecule has 1 aromatic carbocycles. The van der Waals surface area contributed by atoms with E-state index in [1.807, 2.05) is 6.07 Å². The fourth-order valence-corrected chi connectivity index (χ4v) is 3.75. The lowest BCUT2D eigenvalue weighted by molar-refractivity contribution is -0.122. The Labute approximate surface area is 151 Å². The van der Waals surface area contributed by atoms with Gasteiger partial charge >= 0.3 is 0 Å². The number of nitrogens with zero attached hydrogens (tertiary/aromatic N) is 1. The van der Waals surface area contributed by atoms with Gasteiger partial charge in [0.2, 0.25) is 5.91 Å². The van der Waals surface area contributed by atoms with Gasteiger partial charge in [-0.15, -0.1) is 0 Å². The van der Waals surface area contributed by atoms with Crippen LogP contribution in [0.3, 0.4) is 0 Å². The van der Waals surface area contributed by atoms with Crippen molar-refractivity contribution in [3.63, 3.8) is 0 Å². The number of nitrogens with one attached hydrogen (secondary N) is 2. The lowest BCUT2D eigenvalue weighted by Gasteiger charge is -2.31. The average molecular weight is 345 g/mol. The minimum absolute atomic E-state index is 0.162. The van der Waals surface area contributed by atoms with E-state index in [-0.39, 0.29) is 11.9 Å². The highest BCUT2D eigenvalue weighted by atomic mass is 16.5. The molecule has 2 N–H and O–H groups in total. The summed E-state index contributed by atoms with van der Waals surface area (Å²) in [5.74, 6) is 0.860. The maximum absolute atomic E-state index is 12.5. The maximum Gasteiger partial charge on any atom is 0.220 e. The second-order valence-electron chi connectivity index (χ2n) is 7.26. The molecule has 0 aliphatic carbocycles. The molecule has 138 valence electrons. The molecule has 0 saturated carbocycles. The molecule has 0 bridgehead atoms. The molecular weight excluding hydrogens is 314 g/mol. The first-order valence-corrected chi connectivity index (χ1v) is 9.63. The lowest BCUT2D eigenvalue weighted by atomic mass is 10.0. The van der Waals surface area contributed by atoms with Gasteiger partial charge in [-0.1, -0.05) is 30.3 Å². The number of hydrogen-bond acceptors (Lipinski definition) is 4. The minimum Gasteiger partial charge on any atom is -0.379 e. The summed E-state index contributed by atoms with van der Waals surface area (Å²) in [5.41, 5.74) is 1.28. The average Bonchev–Trinajstić information content (AvgIpc) is 3.15. The summed E-state index contributed by atoms with van der Waals surface area (Å²) in [6.45, 7) is 6.55. The molecule has 3 rings (SSSR count). The first kappa shape index (κ1) is 18.4. The molecule has 2 saturated heterocycles. The highest BCUT2D eigenvalue weighted by molar-refractivity contribution is 5.76. The zero-order chi connectivity index (χ0) is 17.3. The number of carbonyl (C=O) groups excluding carboxylic acids is 1. The normalized spacial score (nSPS) is 22.6. The summed E-state index contributed by atoms with van der Waals surface area (Å²) in [6.07, 6.45) is 3.72. The molecule has 2 heterocycles. The van der Waals surface area contributed by atoms with Crippen LogP contribution in [0.1, 0.15) is 24.8 Å². The number of hydrogen-bond donors (Lipinski definition) is 2. The first-order chi connectivity index (χ1) is 12.3. The maximum atomic E-state index is 12.5. The second-order valence-corrected chi connectivity index (χ2v) is 7.26. The van der Waals surface area contributed by atoms with Gasteiger partial charge in [0.15, 0.2) is 0 Å². The molecular formula is C20H31N3O2. The van der Waals surface area contributed by atoms with E-state index in [4.69, 9.17) is 4.74 Å². The molecule has 2 fully saturated rings. The molecule has 0 aromatic heterocycles. The zero-order valence-electron chi connectivity index (χ0n) is 15.1. The van der Waals surface area contributed by atoms with E-state index in [2.05, 4.69) is 39.8 Å². The summed E-state index contributed by atoms with van der Waals surface area (Å²) in [4.78, 5) is 14.9. The van der Waals surface area contributed by atoms with Gasteiger partial charge in [-0.3, -0.25) is 9.69 Å². The lowest BCUT2D eigenvalue weighted by Crippen LogP contribution is -2.48. The third-order valence-corrected chi connectivity index (χ3v) is 5.21. The third kappa shape index (κ3) is 6.42. The van der Waals surface area contributed by atoms with Crippen LogP contribution in [0.15, 0.2) is 30.3 Å². The van der Waals surface area contributed by atoms with Gasteiger partial charge in [-0.2, -0.15) is 0 Å². The Hall–Kier alpha value is -1.43. The van der Waals surface area contributed by atoms with E-state index in [1.54, 1.807) is 0 Å². The molecule has 0 radical (unpaired) electrons. The van der Waals surface area contributed by atoms with Crippen LogP contribution in [0, 0.1) is 5.92 Å². The molecule has 5 heteroatoms.